The Morgan fingerprint density at radius 3 is 2.65 bits per heavy atom. The van der Waals surface area contributed by atoms with Gasteiger partial charge >= 0.3 is 0 Å². The second-order valence-electron chi connectivity index (χ2n) is 7.55. The number of hydrogen-bond acceptors (Lipinski definition) is 5. The van der Waals surface area contributed by atoms with Crippen molar-refractivity contribution in [3.05, 3.63) is 60.4 Å². The van der Waals surface area contributed by atoms with Crippen LogP contribution in [0.1, 0.15) is 0 Å². The maximum absolute atomic E-state index is 11.9. The normalized spacial score (nSPS) is 14.4. The van der Waals surface area contributed by atoms with E-state index in [0.717, 1.165) is 38.9 Å². The van der Waals surface area contributed by atoms with Crippen molar-refractivity contribution in [1.29, 1.82) is 0 Å². The lowest BCUT2D eigenvalue weighted by Gasteiger charge is -2.35. The second-order valence-corrected chi connectivity index (χ2v) is 7.96. The Morgan fingerprint density at radius 2 is 1.87 bits per heavy atom. The number of carbonyl (C=O) groups is 1. The molecular weight excluding hydrogens is 412 g/mol. The van der Waals surface area contributed by atoms with Crippen LogP contribution in [-0.4, -0.2) is 56.7 Å². The number of piperazine rings is 1. The maximum atomic E-state index is 11.9. The standard InChI is InChI=1S/C23H21ClN6O/c1-3-21(31)29-8-10-30(11-9-29)23-17-12-18(24)16(13-19(17)25-14-26-23)22-15-6-4-5-7-20(15)28(2)27-22/h3-7,12-14H,1,8-11H2,2H3. The van der Waals surface area contributed by atoms with Gasteiger partial charge in [0.1, 0.15) is 17.8 Å². The fourth-order valence-corrected chi connectivity index (χ4v) is 4.43. The molecule has 0 bridgehead atoms. The predicted molar refractivity (Wildman–Crippen MR) is 123 cm³/mol. The lowest BCUT2D eigenvalue weighted by atomic mass is 10.1. The molecule has 0 aliphatic carbocycles. The molecule has 3 heterocycles. The van der Waals surface area contributed by atoms with Crippen molar-refractivity contribution in [2.75, 3.05) is 31.1 Å². The van der Waals surface area contributed by atoms with Gasteiger partial charge in [0.2, 0.25) is 5.91 Å². The van der Waals surface area contributed by atoms with E-state index in [4.69, 9.17) is 16.7 Å². The molecule has 31 heavy (non-hydrogen) atoms. The molecule has 0 saturated carbocycles. The molecule has 1 aliphatic rings. The first-order valence-corrected chi connectivity index (χ1v) is 10.5. The zero-order valence-corrected chi connectivity index (χ0v) is 17.9. The zero-order valence-electron chi connectivity index (χ0n) is 17.1. The third kappa shape index (κ3) is 3.31. The van der Waals surface area contributed by atoms with Gasteiger partial charge in [-0.3, -0.25) is 9.48 Å². The SMILES string of the molecule is C=CC(=O)N1CCN(c2ncnc3cc(-c4nn(C)c5ccccc45)c(Cl)cc23)CC1. The fourth-order valence-electron chi connectivity index (χ4n) is 4.18. The Labute approximate surface area is 184 Å². The Hall–Kier alpha value is -3.45. The van der Waals surface area contributed by atoms with Gasteiger partial charge in [0.25, 0.3) is 0 Å². The summed E-state index contributed by atoms with van der Waals surface area (Å²) in [6.07, 6.45) is 2.94. The van der Waals surface area contributed by atoms with E-state index in [0.29, 0.717) is 31.2 Å². The summed E-state index contributed by atoms with van der Waals surface area (Å²) in [5, 5.41) is 7.24. The summed E-state index contributed by atoms with van der Waals surface area (Å²) < 4.78 is 1.86. The molecule has 1 amide bonds. The smallest absolute Gasteiger partial charge is 0.246 e. The van der Waals surface area contributed by atoms with Crippen LogP contribution >= 0.6 is 11.6 Å². The molecule has 2 aromatic heterocycles. The fraction of sp³-hybridized carbons (Fsp3) is 0.217. The topological polar surface area (TPSA) is 67.2 Å². The summed E-state index contributed by atoms with van der Waals surface area (Å²) in [5.41, 5.74) is 3.53. The molecule has 1 fully saturated rings. The Kier molecular flexibility index (Phi) is 4.82. The third-order valence-corrected chi connectivity index (χ3v) is 6.09. The van der Waals surface area contributed by atoms with Crippen LogP contribution in [0.3, 0.4) is 0 Å². The summed E-state index contributed by atoms with van der Waals surface area (Å²) in [4.78, 5) is 24.9. The van der Waals surface area contributed by atoms with Crippen LogP contribution in [0, 0.1) is 0 Å². The monoisotopic (exact) mass is 432 g/mol. The van der Waals surface area contributed by atoms with Gasteiger partial charge in [0.15, 0.2) is 0 Å². The quantitative estimate of drug-likeness (QED) is 0.462. The van der Waals surface area contributed by atoms with Crippen molar-refractivity contribution >= 4 is 45.1 Å². The highest BCUT2D eigenvalue weighted by atomic mass is 35.5. The highest BCUT2D eigenvalue weighted by Crippen LogP contribution is 2.37. The van der Waals surface area contributed by atoms with Gasteiger partial charge in [-0.25, -0.2) is 9.97 Å². The van der Waals surface area contributed by atoms with E-state index in [-0.39, 0.29) is 5.91 Å². The van der Waals surface area contributed by atoms with Crippen molar-refractivity contribution in [2.45, 2.75) is 0 Å². The van der Waals surface area contributed by atoms with Gasteiger partial charge in [-0.15, -0.1) is 0 Å². The highest BCUT2D eigenvalue weighted by Gasteiger charge is 2.23. The largest absolute Gasteiger partial charge is 0.352 e. The van der Waals surface area contributed by atoms with E-state index in [1.165, 1.54) is 6.08 Å². The van der Waals surface area contributed by atoms with Gasteiger partial charge in [0.05, 0.1) is 16.1 Å². The molecule has 156 valence electrons. The van der Waals surface area contributed by atoms with Crippen molar-refractivity contribution in [2.24, 2.45) is 7.05 Å². The molecule has 0 atom stereocenters. The minimum atomic E-state index is -0.0394. The molecule has 1 saturated heterocycles. The summed E-state index contributed by atoms with van der Waals surface area (Å²) in [6, 6.07) is 12.0. The van der Waals surface area contributed by atoms with E-state index in [9.17, 15) is 4.79 Å². The predicted octanol–water partition coefficient (Wildman–Crippen LogP) is 3.67. The van der Waals surface area contributed by atoms with Crippen LogP contribution in [0.4, 0.5) is 5.82 Å². The Balaban J connectivity index is 1.55. The van der Waals surface area contributed by atoms with Gasteiger partial charge in [-0.2, -0.15) is 5.10 Å². The van der Waals surface area contributed by atoms with Crippen molar-refractivity contribution in [3.8, 4) is 11.3 Å². The molecule has 0 N–H and O–H groups in total. The first-order chi connectivity index (χ1) is 15.1. The number of amides is 1. The van der Waals surface area contributed by atoms with E-state index in [1.54, 1.807) is 11.2 Å². The first kappa shape index (κ1) is 19.5. The number of hydrogen-bond donors (Lipinski definition) is 0. The van der Waals surface area contributed by atoms with E-state index < -0.39 is 0 Å². The lowest BCUT2D eigenvalue weighted by Crippen LogP contribution is -2.48. The number of carbonyl (C=O) groups excluding carboxylic acids is 1. The van der Waals surface area contributed by atoms with Crippen LogP contribution in [0.15, 0.2) is 55.4 Å². The van der Waals surface area contributed by atoms with Crippen LogP contribution in [0.2, 0.25) is 5.02 Å². The summed E-state index contributed by atoms with van der Waals surface area (Å²) >= 11 is 6.75. The average Bonchev–Trinajstić information content (AvgIpc) is 3.14. The van der Waals surface area contributed by atoms with Crippen molar-refractivity contribution in [3.63, 3.8) is 0 Å². The molecule has 2 aromatic carbocycles. The summed E-state index contributed by atoms with van der Waals surface area (Å²) in [6.45, 7) is 6.21. The maximum Gasteiger partial charge on any atom is 0.246 e. The Bertz CT molecular complexity index is 1320. The highest BCUT2D eigenvalue weighted by molar-refractivity contribution is 6.34. The van der Waals surface area contributed by atoms with Crippen molar-refractivity contribution in [1.82, 2.24) is 24.6 Å². The summed E-state index contributed by atoms with van der Waals surface area (Å²) in [7, 11) is 1.93. The molecule has 8 heteroatoms. The average molecular weight is 433 g/mol. The molecule has 0 spiro atoms. The number of benzene rings is 2. The lowest BCUT2D eigenvalue weighted by molar-refractivity contribution is -0.126. The van der Waals surface area contributed by atoms with Gasteiger partial charge < -0.3 is 9.80 Å². The van der Waals surface area contributed by atoms with Crippen molar-refractivity contribution < 1.29 is 4.79 Å². The number of anilines is 1. The van der Waals surface area contributed by atoms with Crippen LogP contribution < -0.4 is 4.90 Å². The van der Waals surface area contributed by atoms with Crippen LogP contribution in [0.5, 0.6) is 0 Å². The first-order valence-electron chi connectivity index (χ1n) is 10.1. The van der Waals surface area contributed by atoms with Crippen LogP contribution in [0.25, 0.3) is 33.1 Å². The molecule has 0 radical (unpaired) electrons. The second kappa shape index (κ2) is 7.67. The summed E-state index contributed by atoms with van der Waals surface area (Å²) in [5.74, 6) is 0.789. The van der Waals surface area contributed by atoms with Gasteiger partial charge in [-0.1, -0.05) is 36.4 Å². The molecule has 7 nitrogen and oxygen atoms in total. The molecule has 1 aliphatic heterocycles. The molecule has 0 unspecified atom stereocenters. The van der Waals surface area contributed by atoms with Crippen LogP contribution in [-0.2, 0) is 11.8 Å². The number of rotatable bonds is 3. The molecular formula is C23H21ClN6O. The number of fused-ring (bicyclic) bond motifs is 2. The van der Waals surface area contributed by atoms with Gasteiger partial charge in [0, 0.05) is 49.6 Å². The number of nitrogens with zero attached hydrogens (tertiary/aromatic N) is 6. The minimum absolute atomic E-state index is 0.0394. The number of para-hydroxylation sites is 1. The number of halogens is 1. The van der Waals surface area contributed by atoms with E-state index in [2.05, 4.69) is 21.4 Å². The minimum Gasteiger partial charge on any atom is -0.352 e. The van der Waals surface area contributed by atoms with E-state index >= 15 is 0 Å². The van der Waals surface area contributed by atoms with Gasteiger partial charge in [-0.05, 0) is 24.3 Å². The number of aromatic nitrogens is 4. The zero-order chi connectivity index (χ0) is 21.5. The number of aryl methyl sites for hydroxylation is 1. The third-order valence-electron chi connectivity index (χ3n) is 5.78. The molecule has 4 aromatic rings. The molecule has 5 rings (SSSR count). The van der Waals surface area contributed by atoms with E-state index in [1.807, 2.05) is 48.1 Å². The Morgan fingerprint density at radius 1 is 1.10 bits per heavy atom.